The standard InChI is InChI=1S/C40H55O/c1-30(18-13-20-32(3)23-25-37-34(5)22-15-27-39(37,7)8)16-11-12-17-31(2)19-14-21-33(4)24-26-38-35(6)28-36(41)29-40(38,9)10/h11-21,23-26,36,41H,22,27-29H2,1-10H3/b12-11+,18-13+,19-14+,25-23+,26-24+,30-16+,31-17+,32-20+,33-21+. The summed E-state index contributed by atoms with van der Waals surface area (Å²) in [5.41, 5.74) is 10.7. The fraction of sp³-hybridized carbons (Fsp3) is 0.425. The third kappa shape index (κ3) is 11.9. The van der Waals surface area contributed by atoms with Crippen LogP contribution in [-0.4, -0.2) is 11.2 Å². The van der Waals surface area contributed by atoms with Crippen LogP contribution in [0.3, 0.4) is 0 Å². The van der Waals surface area contributed by atoms with Gasteiger partial charge in [-0.2, -0.15) is 0 Å². The molecule has 0 aromatic carbocycles. The Hall–Kier alpha value is -2.90. The Balaban J connectivity index is 1.90. The van der Waals surface area contributed by atoms with Crippen LogP contribution in [0.2, 0.25) is 0 Å². The first-order valence-corrected chi connectivity index (χ1v) is 15.2. The normalized spacial score (nSPS) is 23.5. The van der Waals surface area contributed by atoms with Crippen molar-refractivity contribution < 1.29 is 5.11 Å². The van der Waals surface area contributed by atoms with Crippen LogP contribution in [0.15, 0.2) is 130 Å². The topological polar surface area (TPSA) is 20.2 Å². The van der Waals surface area contributed by atoms with Crippen molar-refractivity contribution >= 4 is 0 Å². The van der Waals surface area contributed by atoms with E-state index in [2.05, 4.69) is 161 Å². The van der Waals surface area contributed by atoms with Crippen molar-refractivity contribution in [2.45, 2.75) is 101 Å². The van der Waals surface area contributed by atoms with Crippen molar-refractivity contribution in [3.05, 3.63) is 136 Å². The quantitative estimate of drug-likeness (QED) is 0.268. The van der Waals surface area contributed by atoms with E-state index in [-0.39, 0.29) is 16.9 Å². The predicted molar refractivity (Wildman–Crippen MR) is 182 cm³/mol. The van der Waals surface area contributed by atoms with E-state index in [1.54, 1.807) is 0 Å². The summed E-state index contributed by atoms with van der Waals surface area (Å²) in [5.74, 6) is 0. The monoisotopic (exact) mass is 551 g/mol. The molecule has 2 rings (SSSR count). The van der Waals surface area contributed by atoms with E-state index in [1.165, 1.54) is 44.6 Å². The van der Waals surface area contributed by atoms with Crippen molar-refractivity contribution in [1.82, 2.24) is 0 Å². The molecule has 0 saturated carbocycles. The molecule has 2 aliphatic rings. The van der Waals surface area contributed by atoms with Gasteiger partial charge in [0.25, 0.3) is 0 Å². The highest BCUT2D eigenvalue weighted by molar-refractivity contribution is 5.39. The highest BCUT2D eigenvalue weighted by atomic mass is 16.3. The lowest BCUT2D eigenvalue weighted by Crippen LogP contribution is -2.28. The molecule has 1 radical (unpaired) electrons. The molecule has 1 nitrogen and oxygen atoms in total. The van der Waals surface area contributed by atoms with Crippen LogP contribution in [0.1, 0.15) is 94.9 Å². The summed E-state index contributed by atoms with van der Waals surface area (Å²) in [7, 11) is 0. The molecule has 221 valence electrons. The van der Waals surface area contributed by atoms with Gasteiger partial charge in [-0.1, -0.05) is 146 Å². The summed E-state index contributed by atoms with van der Waals surface area (Å²) in [6.07, 6.45) is 36.3. The third-order valence-corrected chi connectivity index (χ3v) is 8.06. The van der Waals surface area contributed by atoms with Crippen LogP contribution in [0, 0.1) is 17.3 Å². The molecule has 0 amide bonds. The molecule has 1 heteroatoms. The summed E-state index contributed by atoms with van der Waals surface area (Å²) < 4.78 is 0. The zero-order valence-corrected chi connectivity index (χ0v) is 27.5. The minimum Gasteiger partial charge on any atom is -0.393 e. The highest BCUT2D eigenvalue weighted by Crippen LogP contribution is 2.41. The van der Waals surface area contributed by atoms with Gasteiger partial charge in [0.05, 0.1) is 6.10 Å². The average Bonchev–Trinajstić information content (AvgIpc) is 2.84. The van der Waals surface area contributed by atoms with E-state index < -0.39 is 0 Å². The zero-order chi connectivity index (χ0) is 30.6. The van der Waals surface area contributed by atoms with Crippen molar-refractivity contribution in [2.75, 3.05) is 0 Å². The van der Waals surface area contributed by atoms with Crippen molar-refractivity contribution in [3.63, 3.8) is 0 Å². The van der Waals surface area contributed by atoms with Crippen LogP contribution >= 0.6 is 0 Å². The Morgan fingerprint density at radius 1 is 0.659 bits per heavy atom. The van der Waals surface area contributed by atoms with Gasteiger partial charge in [0.2, 0.25) is 0 Å². The van der Waals surface area contributed by atoms with Crippen LogP contribution in [0.5, 0.6) is 0 Å². The molecule has 0 aromatic rings. The van der Waals surface area contributed by atoms with Gasteiger partial charge in [0.1, 0.15) is 0 Å². The summed E-state index contributed by atoms with van der Waals surface area (Å²) >= 11 is 0. The maximum atomic E-state index is 10.1. The largest absolute Gasteiger partial charge is 0.393 e. The second-order valence-electron chi connectivity index (χ2n) is 13.3. The van der Waals surface area contributed by atoms with Crippen LogP contribution in [0.4, 0.5) is 0 Å². The fourth-order valence-corrected chi connectivity index (χ4v) is 5.76. The summed E-state index contributed by atoms with van der Waals surface area (Å²) in [6.45, 7) is 22.0. The molecule has 0 spiro atoms. The first-order chi connectivity index (χ1) is 19.2. The Labute approximate surface area is 252 Å². The molecule has 41 heavy (non-hydrogen) atoms. The first-order valence-electron chi connectivity index (χ1n) is 15.2. The smallest absolute Gasteiger partial charge is 0.0585 e. The van der Waals surface area contributed by atoms with Gasteiger partial charge in [0.15, 0.2) is 0 Å². The van der Waals surface area contributed by atoms with Gasteiger partial charge in [-0.3, -0.25) is 0 Å². The van der Waals surface area contributed by atoms with E-state index in [4.69, 9.17) is 0 Å². The van der Waals surface area contributed by atoms with E-state index in [0.29, 0.717) is 0 Å². The number of hydrogen-bond donors (Lipinski definition) is 1. The fourth-order valence-electron chi connectivity index (χ4n) is 5.76. The second kappa shape index (κ2) is 15.9. The van der Waals surface area contributed by atoms with Gasteiger partial charge in [-0.15, -0.1) is 0 Å². The molecule has 1 N–H and O–H groups in total. The van der Waals surface area contributed by atoms with E-state index in [0.717, 1.165) is 25.7 Å². The van der Waals surface area contributed by atoms with Crippen molar-refractivity contribution in [1.29, 1.82) is 0 Å². The lowest BCUT2D eigenvalue weighted by molar-refractivity contribution is 0.116. The SMILES string of the molecule is CC1=C(/C=C/C(C)=C/C=C/C(C)=C/C=C/C=C(C)/C=C/C=C(C)/C=C/C2=C(C)CC(O)CC2(C)C)C(C)(C)C[CH]C1. The van der Waals surface area contributed by atoms with Crippen LogP contribution in [0.25, 0.3) is 0 Å². The molecule has 0 aliphatic heterocycles. The van der Waals surface area contributed by atoms with Gasteiger partial charge < -0.3 is 5.11 Å². The van der Waals surface area contributed by atoms with Gasteiger partial charge in [0, 0.05) is 0 Å². The summed E-state index contributed by atoms with van der Waals surface area (Å²) in [6, 6.07) is 0. The molecule has 0 heterocycles. The van der Waals surface area contributed by atoms with Gasteiger partial charge >= 0.3 is 0 Å². The van der Waals surface area contributed by atoms with Gasteiger partial charge in [-0.05, 0) is 95.6 Å². The minimum absolute atomic E-state index is 0.0119. The summed E-state index contributed by atoms with van der Waals surface area (Å²) in [4.78, 5) is 0. The lowest BCUT2D eigenvalue weighted by Gasteiger charge is -2.35. The molecular formula is C40H55O. The Morgan fingerprint density at radius 3 is 1.56 bits per heavy atom. The van der Waals surface area contributed by atoms with E-state index in [9.17, 15) is 5.11 Å². The van der Waals surface area contributed by atoms with Crippen LogP contribution in [-0.2, 0) is 0 Å². The Morgan fingerprint density at radius 2 is 1.10 bits per heavy atom. The average molecular weight is 552 g/mol. The Kier molecular flexibility index (Phi) is 13.3. The number of hydrogen-bond acceptors (Lipinski definition) is 1. The number of aliphatic hydroxyl groups is 1. The zero-order valence-electron chi connectivity index (χ0n) is 27.5. The minimum atomic E-state index is -0.221. The predicted octanol–water partition coefficient (Wildman–Crippen LogP) is 11.4. The maximum absolute atomic E-state index is 10.1. The van der Waals surface area contributed by atoms with Gasteiger partial charge in [-0.25, -0.2) is 0 Å². The number of allylic oxidation sites excluding steroid dienone is 21. The van der Waals surface area contributed by atoms with Crippen molar-refractivity contribution in [3.8, 4) is 0 Å². The molecule has 1 unspecified atom stereocenters. The second-order valence-corrected chi connectivity index (χ2v) is 13.3. The molecular weight excluding hydrogens is 496 g/mol. The molecule has 1 atom stereocenters. The highest BCUT2D eigenvalue weighted by Gasteiger charge is 2.31. The van der Waals surface area contributed by atoms with E-state index in [1.807, 2.05) is 0 Å². The number of aliphatic hydroxyl groups excluding tert-OH is 1. The molecule has 0 saturated heterocycles. The summed E-state index contributed by atoms with van der Waals surface area (Å²) in [5, 5.41) is 10.1. The number of rotatable bonds is 10. The molecule has 0 fully saturated rings. The Bertz CT molecular complexity index is 1250. The van der Waals surface area contributed by atoms with E-state index >= 15 is 0 Å². The maximum Gasteiger partial charge on any atom is 0.0585 e. The third-order valence-electron chi connectivity index (χ3n) is 8.06. The molecule has 0 bridgehead atoms. The molecule has 0 aromatic heterocycles. The van der Waals surface area contributed by atoms with Crippen LogP contribution < -0.4 is 0 Å². The molecule has 2 aliphatic carbocycles. The lowest BCUT2D eigenvalue weighted by atomic mass is 9.71. The van der Waals surface area contributed by atoms with Crippen molar-refractivity contribution in [2.24, 2.45) is 10.8 Å². The first kappa shape index (κ1) is 34.3.